The first-order valence-electron chi connectivity index (χ1n) is 7.05. The Kier molecular flexibility index (Phi) is 3.50. The Bertz CT molecular complexity index is 721. The van der Waals surface area contributed by atoms with Crippen LogP contribution in [-0.2, 0) is 16.5 Å². The van der Waals surface area contributed by atoms with E-state index in [0.29, 0.717) is 6.61 Å². The van der Waals surface area contributed by atoms with Gasteiger partial charge in [-0.15, -0.1) is 0 Å². The summed E-state index contributed by atoms with van der Waals surface area (Å²) in [5, 5.41) is 13.0. The van der Waals surface area contributed by atoms with Crippen molar-refractivity contribution in [2.24, 2.45) is 7.05 Å². The van der Waals surface area contributed by atoms with Crippen molar-refractivity contribution < 1.29 is 19.4 Å². The summed E-state index contributed by atoms with van der Waals surface area (Å²) in [6.45, 7) is 4.27. The van der Waals surface area contributed by atoms with Crippen LogP contribution in [0.1, 0.15) is 36.0 Å². The molecule has 1 fully saturated rings. The van der Waals surface area contributed by atoms with E-state index < -0.39 is 11.8 Å². The molecule has 1 aliphatic rings. The Morgan fingerprint density at radius 1 is 1.41 bits per heavy atom. The topological polar surface area (TPSA) is 73.6 Å². The van der Waals surface area contributed by atoms with Crippen molar-refractivity contribution in [1.82, 2.24) is 9.78 Å². The zero-order chi connectivity index (χ0) is 15.9. The normalized spacial score (nSPS) is 20.2. The maximum Gasteiger partial charge on any atom is 0.356 e. The van der Waals surface area contributed by atoms with Gasteiger partial charge in [-0.2, -0.15) is 5.10 Å². The van der Waals surface area contributed by atoms with E-state index in [-0.39, 0.29) is 11.8 Å². The fourth-order valence-corrected chi connectivity index (χ4v) is 2.59. The van der Waals surface area contributed by atoms with Crippen LogP contribution in [0, 0.1) is 0 Å². The van der Waals surface area contributed by atoms with Crippen LogP contribution in [-0.4, -0.2) is 33.3 Å². The summed E-state index contributed by atoms with van der Waals surface area (Å²) in [4.78, 5) is 11.0. The van der Waals surface area contributed by atoms with E-state index in [2.05, 4.69) is 5.10 Å². The molecule has 1 aliphatic heterocycles. The van der Waals surface area contributed by atoms with Gasteiger partial charge in [0.1, 0.15) is 6.10 Å². The van der Waals surface area contributed by atoms with Crippen LogP contribution in [0.15, 0.2) is 30.3 Å². The first kappa shape index (κ1) is 14.7. The number of ether oxygens (including phenoxy) is 2. The number of aromatic nitrogens is 2. The highest BCUT2D eigenvalue weighted by Gasteiger charge is 2.33. The first-order chi connectivity index (χ1) is 10.4. The SMILES string of the molecule is Cn1nc(C(=O)O)cc1-c1cccc(C2COC(C)(C)O2)c1. The molecule has 1 saturated heterocycles. The van der Waals surface area contributed by atoms with E-state index in [0.717, 1.165) is 16.8 Å². The Morgan fingerprint density at radius 3 is 2.77 bits per heavy atom. The first-order valence-corrected chi connectivity index (χ1v) is 7.05. The summed E-state index contributed by atoms with van der Waals surface area (Å²) in [6, 6.07) is 9.38. The minimum atomic E-state index is -1.03. The van der Waals surface area contributed by atoms with Gasteiger partial charge < -0.3 is 14.6 Å². The van der Waals surface area contributed by atoms with E-state index in [1.54, 1.807) is 17.8 Å². The summed E-state index contributed by atoms with van der Waals surface area (Å²) in [5.41, 5.74) is 2.68. The van der Waals surface area contributed by atoms with Gasteiger partial charge in [-0.25, -0.2) is 4.79 Å². The van der Waals surface area contributed by atoms with Crippen molar-refractivity contribution in [1.29, 1.82) is 0 Å². The lowest BCUT2D eigenvalue weighted by molar-refractivity contribution is -0.139. The molecule has 0 aliphatic carbocycles. The van der Waals surface area contributed by atoms with Crippen molar-refractivity contribution in [2.45, 2.75) is 25.7 Å². The molecule has 1 aromatic carbocycles. The number of rotatable bonds is 3. The largest absolute Gasteiger partial charge is 0.476 e. The number of benzene rings is 1. The summed E-state index contributed by atoms with van der Waals surface area (Å²) >= 11 is 0. The molecule has 0 amide bonds. The van der Waals surface area contributed by atoms with Crippen LogP contribution in [0.4, 0.5) is 0 Å². The van der Waals surface area contributed by atoms with E-state index in [9.17, 15) is 4.79 Å². The Morgan fingerprint density at radius 2 is 2.18 bits per heavy atom. The average molecular weight is 302 g/mol. The molecule has 2 heterocycles. The van der Waals surface area contributed by atoms with Crippen LogP contribution in [0.2, 0.25) is 0 Å². The lowest BCUT2D eigenvalue weighted by Crippen LogP contribution is -2.19. The minimum absolute atomic E-state index is 0.0319. The van der Waals surface area contributed by atoms with Gasteiger partial charge in [0.05, 0.1) is 12.3 Å². The highest BCUT2D eigenvalue weighted by atomic mass is 16.7. The number of aryl methyl sites for hydroxylation is 1. The molecule has 22 heavy (non-hydrogen) atoms. The van der Waals surface area contributed by atoms with Gasteiger partial charge in [0.15, 0.2) is 11.5 Å². The molecule has 6 nitrogen and oxygen atoms in total. The molecule has 0 radical (unpaired) electrons. The van der Waals surface area contributed by atoms with Gasteiger partial charge in [-0.3, -0.25) is 4.68 Å². The molecule has 116 valence electrons. The molecule has 1 aromatic heterocycles. The Hall–Kier alpha value is -2.18. The van der Waals surface area contributed by atoms with Crippen LogP contribution >= 0.6 is 0 Å². The third-order valence-electron chi connectivity index (χ3n) is 3.66. The number of nitrogens with zero attached hydrogens (tertiary/aromatic N) is 2. The lowest BCUT2D eigenvalue weighted by Gasteiger charge is -2.17. The highest BCUT2D eigenvalue weighted by Crippen LogP contribution is 2.34. The second kappa shape index (κ2) is 5.23. The molecule has 2 aromatic rings. The van der Waals surface area contributed by atoms with Gasteiger partial charge in [-0.05, 0) is 31.5 Å². The highest BCUT2D eigenvalue weighted by molar-refractivity contribution is 5.87. The number of aromatic carboxylic acids is 1. The monoisotopic (exact) mass is 302 g/mol. The fraction of sp³-hybridized carbons (Fsp3) is 0.375. The third-order valence-corrected chi connectivity index (χ3v) is 3.66. The molecular weight excluding hydrogens is 284 g/mol. The molecule has 1 atom stereocenters. The quantitative estimate of drug-likeness (QED) is 0.943. The molecule has 0 bridgehead atoms. The summed E-state index contributed by atoms with van der Waals surface area (Å²) in [7, 11) is 1.73. The second-order valence-corrected chi connectivity index (χ2v) is 5.79. The van der Waals surface area contributed by atoms with E-state index in [1.807, 2.05) is 38.1 Å². The number of hydrogen-bond acceptors (Lipinski definition) is 4. The van der Waals surface area contributed by atoms with Gasteiger partial charge in [0.2, 0.25) is 0 Å². The Balaban J connectivity index is 1.93. The molecule has 0 spiro atoms. The lowest BCUT2D eigenvalue weighted by atomic mass is 10.0. The summed E-state index contributed by atoms with van der Waals surface area (Å²) in [5.74, 6) is -1.61. The smallest absolute Gasteiger partial charge is 0.356 e. The standard InChI is InChI=1S/C16H18N2O4/c1-16(2)21-9-14(22-16)11-6-4-5-10(7-11)13-8-12(15(19)20)17-18(13)3/h4-8,14H,9H2,1-3H3,(H,19,20). The number of hydrogen-bond donors (Lipinski definition) is 1. The number of carbonyl (C=O) groups is 1. The maximum atomic E-state index is 11.0. The van der Waals surface area contributed by atoms with E-state index in [1.165, 1.54) is 0 Å². The van der Waals surface area contributed by atoms with Gasteiger partial charge in [-0.1, -0.05) is 18.2 Å². The van der Waals surface area contributed by atoms with Crippen molar-refractivity contribution in [3.63, 3.8) is 0 Å². The average Bonchev–Trinajstić information content (AvgIpc) is 3.02. The van der Waals surface area contributed by atoms with Crippen LogP contribution < -0.4 is 0 Å². The predicted molar refractivity (Wildman–Crippen MR) is 79.5 cm³/mol. The van der Waals surface area contributed by atoms with Crippen molar-refractivity contribution in [3.05, 3.63) is 41.6 Å². The van der Waals surface area contributed by atoms with Gasteiger partial charge in [0.25, 0.3) is 0 Å². The Labute approximate surface area is 128 Å². The zero-order valence-electron chi connectivity index (χ0n) is 12.7. The predicted octanol–water partition coefficient (Wildman–Crippen LogP) is 2.61. The molecular formula is C16H18N2O4. The van der Waals surface area contributed by atoms with Gasteiger partial charge in [0, 0.05) is 12.6 Å². The van der Waals surface area contributed by atoms with Gasteiger partial charge >= 0.3 is 5.97 Å². The van der Waals surface area contributed by atoms with Crippen molar-refractivity contribution >= 4 is 5.97 Å². The fourth-order valence-electron chi connectivity index (χ4n) is 2.59. The minimum Gasteiger partial charge on any atom is -0.476 e. The maximum absolute atomic E-state index is 11.0. The second-order valence-electron chi connectivity index (χ2n) is 5.79. The number of carboxylic acid groups (broad SMARTS) is 1. The molecule has 6 heteroatoms. The van der Waals surface area contributed by atoms with Crippen LogP contribution in [0.3, 0.4) is 0 Å². The van der Waals surface area contributed by atoms with Crippen LogP contribution in [0.5, 0.6) is 0 Å². The molecule has 1 unspecified atom stereocenters. The van der Waals surface area contributed by atoms with Crippen molar-refractivity contribution in [2.75, 3.05) is 6.61 Å². The van der Waals surface area contributed by atoms with Crippen LogP contribution in [0.25, 0.3) is 11.3 Å². The number of carboxylic acids is 1. The molecule has 0 saturated carbocycles. The van der Waals surface area contributed by atoms with E-state index >= 15 is 0 Å². The third kappa shape index (κ3) is 2.75. The molecule has 1 N–H and O–H groups in total. The zero-order valence-corrected chi connectivity index (χ0v) is 12.7. The van der Waals surface area contributed by atoms with Crippen molar-refractivity contribution in [3.8, 4) is 11.3 Å². The van der Waals surface area contributed by atoms with E-state index in [4.69, 9.17) is 14.6 Å². The summed E-state index contributed by atoms with van der Waals surface area (Å²) in [6.07, 6.45) is -0.123. The molecule has 3 rings (SSSR count). The summed E-state index contributed by atoms with van der Waals surface area (Å²) < 4.78 is 13.0.